The van der Waals surface area contributed by atoms with E-state index in [1.165, 1.54) is 11.8 Å². The van der Waals surface area contributed by atoms with Crippen LogP contribution in [-0.2, 0) is 22.7 Å². The molecule has 0 radical (unpaired) electrons. The highest BCUT2D eigenvalue weighted by Gasteiger charge is 2.25. The number of fused-ring (bicyclic) bond motifs is 1. The van der Waals surface area contributed by atoms with Gasteiger partial charge in [-0.15, -0.1) is 0 Å². The Kier molecular flexibility index (Phi) is 10.3. The molecule has 0 saturated carbocycles. The molecule has 43 heavy (non-hydrogen) atoms. The Bertz CT molecular complexity index is 1370. The predicted molar refractivity (Wildman–Crippen MR) is 164 cm³/mol. The number of anilines is 2. The largest absolute Gasteiger partial charge is 0.354 e. The Balaban J connectivity index is 1.31. The highest BCUT2D eigenvalue weighted by atomic mass is 19.2. The van der Waals surface area contributed by atoms with Gasteiger partial charge in [0.1, 0.15) is 5.82 Å². The van der Waals surface area contributed by atoms with Crippen molar-refractivity contribution in [1.82, 2.24) is 19.7 Å². The minimum absolute atomic E-state index is 0.0453. The van der Waals surface area contributed by atoms with Crippen molar-refractivity contribution in [2.45, 2.75) is 32.9 Å². The van der Waals surface area contributed by atoms with Crippen molar-refractivity contribution < 1.29 is 18.4 Å². The third kappa shape index (κ3) is 8.14. The van der Waals surface area contributed by atoms with Crippen molar-refractivity contribution in [3.8, 4) is 0 Å². The van der Waals surface area contributed by atoms with Crippen LogP contribution in [0.15, 0.2) is 66.9 Å². The molecule has 1 fully saturated rings. The summed E-state index contributed by atoms with van der Waals surface area (Å²) < 4.78 is 29.0. The molecule has 0 N–H and O–H groups in total. The number of piperazine rings is 1. The molecule has 5 rings (SSSR count). The molecule has 10 heteroatoms. The van der Waals surface area contributed by atoms with Gasteiger partial charge in [0.15, 0.2) is 11.6 Å². The minimum atomic E-state index is -1.01. The van der Waals surface area contributed by atoms with Crippen LogP contribution in [-0.4, -0.2) is 90.4 Å². The maximum absolute atomic E-state index is 14.5. The summed E-state index contributed by atoms with van der Waals surface area (Å²) in [6, 6.07) is 18.3. The second-order valence-electron chi connectivity index (χ2n) is 11.3. The number of rotatable bonds is 6. The first-order valence-corrected chi connectivity index (χ1v) is 15.1. The number of pyridine rings is 1. The molecule has 0 aliphatic carbocycles. The summed E-state index contributed by atoms with van der Waals surface area (Å²) in [4.78, 5) is 40.9. The number of benzene rings is 2. The lowest BCUT2D eigenvalue weighted by molar-refractivity contribution is -0.132. The van der Waals surface area contributed by atoms with Crippen molar-refractivity contribution in [2.24, 2.45) is 0 Å². The van der Waals surface area contributed by atoms with E-state index in [1.807, 2.05) is 36.4 Å². The van der Waals surface area contributed by atoms with Crippen molar-refractivity contribution in [1.29, 1.82) is 0 Å². The molecule has 1 saturated heterocycles. The molecular weight excluding hydrogens is 550 g/mol. The van der Waals surface area contributed by atoms with Crippen LogP contribution in [0.1, 0.15) is 30.9 Å². The average molecular weight is 591 g/mol. The van der Waals surface area contributed by atoms with E-state index in [1.54, 1.807) is 11.1 Å². The summed E-state index contributed by atoms with van der Waals surface area (Å²) in [5, 5.41) is 0. The molecule has 0 bridgehead atoms. The number of hydrogen-bond donors (Lipinski definition) is 0. The highest BCUT2D eigenvalue weighted by Crippen LogP contribution is 2.27. The fraction of sp³-hybridized carbons (Fsp3) is 0.424. The summed E-state index contributed by atoms with van der Waals surface area (Å²) in [6.45, 7) is 8.32. The third-order valence-electron chi connectivity index (χ3n) is 8.29. The molecule has 0 spiro atoms. The molecule has 0 atom stereocenters. The first-order chi connectivity index (χ1) is 20.9. The molecule has 2 aliphatic rings. The summed E-state index contributed by atoms with van der Waals surface area (Å²) in [6.07, 6.45) is 2.77. The number of halogens is 2. The zero-order valence-electron chi connectivity index (χ0n) is 24.8. The van der Waals surface area contributed by atoms with Gasteiger partial charge >= 0.3 is 0 Å². The second kappa shape index (κ2) is 14.5. The lowest BCUT2D eigenvalue weighted by atomic mass is 10.1. The van der Waals surface area contributed by atoms with Crippen LogP contribution in [0.25, 0.3) is 0 Å². The van der Waals surface area contributed by atoms with Crippen molar-refractivity contribution in [3.63, 3.8) is 0 Å². The smallest absolute Gasteiger partial charge is 0.224 e. The van der Waals surface area contributed by atoms with E-state index in [9.17, 15) is 18.4 Å². The van der Waals surface area contributed by atoms with Crippen molar-refractivity contribution in [2.75, 3.05) is 68.7 Å². The Labute approximate surface area is 252 Å². The summed E-state index contributed by atoms with van der Waals surface area (Å²) in [5.74, 6) is -1.32. The highest BCUT2D eigenvalue weighted by molar-refractivity contribution is 5.92. The molecule has 2 amide bonds. The Morgan fingerprint density at radius 2 is 1.53 bits per heavy atom. The monoisotopic (exact) mass is 590 g/mol. The molecule has 0 unspecified atom stereocenters. The minimum Gasteiger partial charge on any atom is -0.354 e. The number of carbonyl (C=O) groups is 2. The maximum atomic E-state index is 14.5. The SMILES string of the molecule is CC(=O)N1CCCN(Cc2ccccc2)CCN(C(=O)CCN2CCN(c3ccccn3)CC2)Cc2cc(F)c(F)cc21. The number of amides is 2. The molecular formula is C33H40F2N6O2. The van der Waals surface area contributed by atoms with Gasteiger partial charge in [-0.25, -0.2) is 13.8 Å². The van der Waals surface area contributed by atoms with Gasteiger partial charge in [0, 0.05) is 97.6 Å². The molecule has 8 nitrogen and oxygen atoms in total. The van der Waals surface area contributed by atoms with Crippen molar-refractivity contribution in [3.05, 3.63) is 89.6 Å². The Hall–Kier alpha value is -3.89. The lowest BCUT2D eigenvalue weighted by Gasteiger charge is -2.35. The molecule has 2 aliphatic heterocycles. The van der Waals surface area contributed by atoms with Gasteiger partial charge in [-0.1, -0.05) is 36.4 Å². The van der Waals surface area contributed by atoms with Crippen LogP contribution in [0.4, 0.5) is 20.3 Å². The van der Waals surface area contributed by atoms with Crippen LogP contribution in [0, 0.1) is 11.6 Å². The lowest BCUT2D eigenvalue weighted by Crippen LogP contribution is -2.48. The number of aromatic nitrogens is 1. The number of carbonyl (C=O) groups excluding carboxylic acids is 2. The topological polar surface area (TPSA) is 63.2 Å². The van der Waals surface area contributed by atoms with Gasteiger partial charge in [-0.2, -0.15) is 0 Å². The van der Waals surface area contributed by atoms with E-state index in [-0.39, 0.29) is 18.4 Å². The van der Waals surface area contributed by atoms with E-state index in [4.69, 9.17) is 0 Å². The van der Waals surface area contributed by atoms with Crippen LogP contribution >= 0.6 is 0 Å². The molecule has 1 aromatic heterocycles. The zero-order chi connectivity index (χ0) is 30.2. The second-order valence-corrected chi connectivity index (χ2v) is 11.3. The van der Waals surface area contributed by atoms with Gasteiger partial charge in [-0.3, -0.25) is 19.4 Å². The maximum Gasteiger partial charge on any atom is 0.224 e. The number of hydrogen-bond acceptors (Lipinski definition) is 6. The predicted octanol–water partition coefficient (Wildman–Crippen LogP) is 4.16. The normalized spacial score (nSPS) is 17.3. The van der Waals surface area contributed by atoms with Gasteiger partial charge in [-0.05, 0) is 35.7 Å². The first kappa shape index (κ1) is 30.6. The van der Waals surface area contributed by atoms with E-state index < -0.39 is 11.6 Å². The quantitative estimate of drug-likeness (QED) is 0.430. The van der Waals surface area contributed by atoms with Gasteiger partial charge in [0.2, 0.25) is 11.8 Å². The van der Waals surface area contributed by atoms with E-state index in [2.05, 4.69) is 31.8 Å². The summed E-state index contributed by atoms with van der Waals surface area (Å²) in [5.41, 5.74) is 1.92. The molecule has 228 valence electrons. The van der Waals surface area contributed by atoms with Crippen molar-refractivity contribution >= 4 is 23.3 Å². The zero-order valence-corrected chi connectivity index (χ0v) is 24.8. The van der Waals surface area contributed by atoms with Gasteiger partial charge in [0.05, 0.1) is 5.69 Å². The van der Waals surface area contributed by atoms with E-state index >= 15 is 0 Å². The van der Waals surface area contributed by atoms with Crippen LogP contribution in [0.3, 0.4) is 0 Å². The van der Waals surface area contributed by atoms with E-state index in [0.29, 0.717) is 63.4 Å². The fourth-order valence-corrected chi connectivity index (χ4v) is 5.88. The van der Waals surface area contributed by atoms with Gasteiger partial charge < -0.3 is 14.7 Å². The molecule has 3 aromatic rings. The molecule has 3 heterocycles. The van der Waals surface area contributed by atoms with Crippen LogP contribution in [0.5, 0.6) is 0 Å². The van der Waals surface area contributed by atoms with Gasteiger partial charge in [0.25, 0.3) is 0 Å². The average Bonchev–Trinajstić information content (AvgIpc) is 3.05. The van der Waals surface area contributed by atoms with Crippen LogP contribution in [0.2, 0.25) is 0 Å². The summed E-state index contributed by atoms with van der Waals surface area (Å²) in [7, 11) is 0. The van der Waals surface area contributed by atoms with Crippen LogP contribution < -0.4 is 9.80 Å². The standard InChI is InChI=1S/C33H40F2N6O2/c1-26(42)41-14-7-13-38(24-27-8-3-2-4-9-27)18-21-40(25-28-22-29(34)30(35)23-31(28)41)33(43)11-15-37-16-19-39(20-17-37)32-10-5-6-12-36-32/h2-6,8-10,12,22-23H,7,11,13-21,24-25H2,1H3. The number of nitrogens with zero attached hydrogens (tertiary/aromatic N) is 6. The third-order valence-corrected chi connectivity index (χ3v) is 8.29. The first-order valence-electron chi connectivity index (χ1n) is 15.1. The Morgan fingerprint density at radius 3 is 2.26 bits per heavy atom. The van der Waals surface area contributed by atoms with E-state index in [0.717, 1.165) is 49.7 Å². The summed E-state index contributed by atoms with van der Waals surface area (Å²) >= 11 is 0. The fourth-order valence-electron chi connectivity index (χ4n) is 5.88. The Morgan fingerprint density at radius 1 is 0.814 bits per heavy atom. The molecule has 2 aromatic carbocycles.